The first-order valence-corrected chi connectivity index (χ1v) is 9.44. The van der Waals surface area contributed by atoms with Crippen LogP contribution in [0.4, 0.5) is 0 Å². The average Bonchev–Trinajstić information content (AvgIpc) is 3.01. The van der Waals surface area contributed by atoms with Gasteiger partial charge >= 0.3 is 0 Å². The third kappa shape index (κ3) is 4.69. The van der Waals surface area contributed by atoms with E-state index in [1.165, 1.54) is 0 Å². The zero-order chi connectivity index (χ0) is 18.5. The van der Waals surface area contributed by atoms with E-state index in [1.54, 1.807) is 4.90 Å². The van der Waals surface area contributed by atoms with Crippen molar-refractivity contribution in [1.29, 1.82) is 0 Å². The van der Waals surface area contributed by atoms with E-state index in [9.17, 15) is 9.59 Å². The lowest BCUT2D eigenvalue weighted by molar-refractivity contribution is -0.129. The number of carbonyl (C=O) groups excluding carboxylic acids is 2. The van der Waals surface area contributed by atoms with Crippen molar-refractivity contribution in [2.75, 3.05) is 19.6 Å². The Labute approximate surface area is 155 Å². The molecule has 3 rings (SSSR count). The molecule has 2 aliphatic rings. The van der Waals surface area contributed by atoms with E-state index in [1.807, 2.05) is 30.3 Å². The lowest BCUT2D eigenvalue weighted by Gasteiger charge is -2.30. The number of benzene rings is 1. The first-order chi connectivity index (χ1) is 12.5. The largest absolute Gasteiger partial charge is 0.338 e. The first-order valence-electron chi connectivity index (χ1n) is 9.44. The summed E-state index contributed by atoms with van der Waals surface area (Å²) in [7, 11) is 0. The summed E-state index contributed by atoms with van der Waals surface area (Å²) in [5, 5.41) is 4.32. The lowest BCUT2D eigenvalue weighted by Crippen LogP contribution is -2.39. The number of nitrogens with one attached hydrogen (secondary N) is 1. The number of hydrogen-bond acceptors (Lipinski definition) is 4. The minimum atomic E-state index is -0.314. The molecular weight excluding hydrogens is 328 g/mol. The lowest BCUT2D eigenvalue weighted by atomic mass is 10.1. The molecule has 1 aromatic carbocycles. The van der Waals surface area contributed by atoms with Gasteiger partial charge in [0.15, 0.2) is 0 Å². The Morgan fingerprint density at radius 1 is 1.23 bits per heavy atom. The van der Waals surface area contributed by atoms with Gasteiger partial charge in [-0.15, -0.1) is 0 Å². The quantitative estimate of drug-likeness (QED) is 0.821. The van der Waals surface area contributed by atoms with Crippen LogP contribution in [0.15, 0.2) is 35.4 Å². The molecule has 2 fully saturated rings. The van der Waals surface area contributed by atoms with E-state index in [-0.39, 0.29) is 24.2 Å². The summed E-state index contributed by atoms with van der Waals surface area (Å²) in [6.07, 6.45) is 2.05. The van der Waals surface area contributed by atoms with Crippen molar-refractivity contribution < 1.29 is 9.59 Å². The van der Waals surface area contributed by atoms with E-state index in [4.69, 9.17) is 0 Å². The summed E-state index contributed by atoms with van der Waals surface area (Å²) in [5.74, 6) is -0.425. The Bertz CT molecular complexity index is 662. The second kappa shape index (κ2) is 8.45. The van der Waals surface area contributed by atoms with Crippen LogP contribution in [0.5, 0.6) is 0 Å². The van der Waals surface area contributed by atoms with E-state index in [2.05, 4.69) is 29.3 Å². The highest BCUT2D eigenvalue weighted by Crippen LogP contribution is 2.20. The van der Waals surface area contributed by atoms with E-state index < -0.39 is 0 Å². The number of likely N-dealkylation sites (tertiary alicyclic amines) is 2. The average molecular weight is 356 g/mol. The molecule has 1 unspecified atom stereocenters. The van der Waals surface area contributed by atoms with Crippen LogP contribution < -0.4 is 5.43 Å². The molecule has 0 spiro atoms. The fourth-order valence-electron chi connectivity index (χ4n) is 3.54. The number of carbonyl (C=O) groups is 2. The Balaban J connectivity index is 1.48. The van der Waals surface area contributed by atoms with Crippen LogP contribution in [0, 0.1) is 5.92 Å². The van der Waals surface area contributed by atoms with Gasteiger partial charge in [-0.05, 0) is 19.4 Å². The number of piperidine rings is 1. The maximum Gasteiger partial charge on any atom is 0.245 e. The normalized spacial score (nSPS) is 21.3. The molecule has 2 amide bonds. The first kappa shape index (κ1) is 18.6. The number of nitrogens with zero attached hydrogens (tertiary/aromatic N) is 3. The molecule has 0 saturated carbocycles. The van der Waals surface area contributed by atoms with Crippen LogP contribution in [-0.2, 0) is 16.1 Å². The van der Waals surface area contributed by atoms with Gasteiger partial charge in [-0.2, -0.15) is 5.10 Å². The standard InChI is InChI=1S/C20H28N4O2/c1-15(2)23-10-8-18(9-11-23)21-22-20(26)17-12-19(25)24(14-17)13-16-6-4-3-5-7-16/h3-7,15,17H,8-14H2,1-2H3,(H,22,26). The molecule has 0 radical (unpaired) electrons. The zero-order valence-electron chi connectivity index (χ0n) is 15.6. The minimum absolute atomic E-state index is 0.0342. The van der Waals surface area contributed by atoms with Crippen molar-refractivity contribution in [3.63, 3.8) is 0 Å². The number of rotatable bonds is 5. The van der Waals surface area contributed by atoms with Crippen molar-refractivity contribution in [2.45, 2.75) is 45.7 Å². The third-order valence-electron chi connectivity index (χ3n) is 5.23. The highest BCUT2D eigenvalue weighted by molar-refractivity contribution is 5.91. The fraction of sp³-hybridized carbons (Fsp3) is 0.550. The van der Waals surface area contributed by atoms with Gasteiger partial charge < -0.3 is 9.80 Å². The van der Waals surface area contributed by atoms with Gasteiger partial charge in [-0.25, -0.2) is 5.43 Å². The topological polar surface area (TPSA) is 65.0 Å². The SMILES string of the molecule is CC(C)N1CCC(=NNC(=O)C2CC(=O)N(Cc3ccccc3)C2)CC1. The molecule has 26 heavy (non-hydrogen) atoms. The molecule has 0 bridgehead atoms. The molecule has 0 aromatic heterocycles. The molecule has 1 N–H and O–H groups in total. The maximum atomic E-state index is 12.4. The van der Waals surface area contributed by atoms with Crippen LogP contribution in [0.1, 0.15) is 38.7 Å². The highest BCUT2D eigenvalue weighted by atomic mass is 16.2. The number of hydrogen-bond donors (Lipinski definition) is 1. The highest BCUT2D eigenvalue weighted by Gasteiger charge is 2.34. The molecule has 6 heteroatoms. The molecule has 2 saturated heterocycles. The third-order valence-corrected chi connectivity index (χ3v) is 5.23. The summed E-state index contributed by atoms with van der Waals surface area (Å²) in [4.78, 5) is 28.8. The van der Waals surface area contributed by atoms with Crippen LogP contribution in [0.25, 0.3) is 0 Å². The second-order valence-electron chi connectivity index (χ2n) is 7.44. The van der Waals surface area contributed by atoms with Crippen LogP contribution in [0.3, 0.4) is 0 Å². The van der Waals surface area contributed by atoms with E-state index in [0.717, 1.165) is 37.2 Å². The van der Waals surface area contributed by atoms with E-state index in [0.29, 0.717) is 19.1 Å². The van der Waals surface area contributed by atoms with Crippen LogP contribution >= 0.6 is 0 Å². The Morgan fingerprint density at radius 3 is 2.58 bits per heavy atom. The monoisotopic (exact) mass is 356 g/mol. The van der Waals surface area contributed by atoms with Gasteiger partial charge in [-0.3, -0.25) is 9.59 Å². The molecule has 140 valence electrons. The Morgan fingerprint density at radius 2 is 1.92 bits per heavy atom. The molecule has 1 atom stereocenters. The second-order valence-corrected chi connectivity index (χ2v) is 7.44. The smallest absolute Gasteiger partial charge is 0.245 e. The molecule has 2 heterocycles. The zero-order valence-corrected chi connectivity index (χ0v) is 15.6. The number of hydrazone groups is 1. The van der Waals surface area contributed by atoms with Crippen molar-refractivity contribution in [3.8, 4) is 0 Å². The number of amides is 2. The van der Waals surface area contributed by atoms with E-state index >= 15 is 0 Å². The molecule has 6 nitrogen and oxygen atoms in total. The molecular formula is C20H28N4O2. The minimum Gasteiger partial charge on any atom is -0.338 e. The maximum absolute atomic E-state index is 12.4. The predicted octanol–water partition coefficient (Wildman–Crippen LogP) is 2.01. The van der Waals surface area contributed by atoms with Crippen molar-refractivity contribution >= 4 is 17.5 Å². The predicted molar refractivity (Wildman–Crippen MR) is 101 cm³/mol. The molecule has 0 aliphatic carbocycles. The van der Waals surface area contributed by atoms with Crippen molar-refractivity contribution in [2.24, 2.45) is 11.0 Å². The Kier molecular flexibility index (Phi) is 6.04. The summed E-state index contributed by atoms with van der Waals surface area (Å²) in [6, 6.07) is 10.4. The van der Waals surface area contributed by atoms with Crippen LogP contribution in [-0.4, -0.2) is 53.0 Å². The van der Waals surface area contributed by atoms with Crippen molar-refractivity contribution in [3.05, 3.63) is 35.9 Å². The van der Waals surface area contributed by atoms with Crippen LogP contribution in [0.2, 0.25) is 0 Å². The summed E-state index contributed by atoms with van der Waals surface area (Å²) in [6.45, 7) is 7.39. The molecule has 2 aliphatic heterocycles. The van der Waals surface area contributed by atoms with Crippen molar-refractivity contribution in [1.82, 2.24) is 15.2 Å². The molecule has 1 aromatic rings. The van der Waals surface area contributed by atoms with Gasteiger partial charge in [0.25, 0.3) is 0 Å². The summed E-state index contributed by atoms with van der Waals surface area (Å²) < 4.78 is 0. The van der Waals surface area contributed by atoms with Gasteiger partial charge in [0.2, 0.25) is 11.8 Å². The fourth-order valence-corrected chi connectivity index (χ4v) is 3.54. The summed E-state index contributed by atoms with van der Waals surface area (Å²) in [5.41, 5.74) is 4.82. The van der Waals surface area contributed by atoms with Gasteiger partial charge in [0.05, 0.1) is 5.92 Å². The van der Waals surface area contributed by atoms with Gasteiger partial charge in [0, 0.05) is 57.2 Å². The Hall–Kier alpha value is -2.21. The summed E-state index contributed by atoms with van der Waals surface area (Å²) >= 11 is 0. The van der Waals surface area contributed by atoms with Gasteiger partial charge in [0.1, 0.15) is 0 Å². The van der Waals surface area contributed by atoms with Gasteiger partial charge in [-0.1, -0.05) is 30.3 Å².